The molecule has 2 aromatic carbocycles. The van der Waals surface area contributed by atoms with E-state index in [1.54, 1.807) is 76.2 Å². The smallest absolute Gasteiger partial charge is 0.323 e. The van der Waals surface area contributed by atoms with Gasteiger partial charge in [0.1, 0.15) is 65.9 Å². The van der Waals surface area contributed by atoms with Crippen molar-refractivity contribution in [1.82, 2.24) is 9.97 Å². The lowest BCUT2D eigenvalue weighted by atomic mass is 9.97. The van der Waals surface area contributed by atoms with E-state index in [0.717, 1.165) is 5.56 Å². The van der Waals surface area contributed by atoms with Crippen molar-refractivity contribution < 1.29 is 28.2 Å². The number of ether oxygens (including phenoxy) is 3. The molecule has 6 N–H and O–H groups in total. The number of benzene rings is 2. The van der Waals surface area contributed by atoms with Gasteiger partial charge in [-0.25, -0.2) is 9.97 Å². The van der Waals surface area contributed by atoms with Crippen LogP contribution in [0.25, 0.3) is 22.6 Å². The van der Waals surface area contributed by atoms with E-state index >= 15 is 0 Å². The molecule has 13 nitrogen and oxygen atoms in total. The summed E-state index contributed by atoms with van der Waals surface area (Å²) in [7, 11) is 0. The number of hydrogen-bond donors (Lipinski definition) is 3. The number of nitrogen functional groups attached to an aromatic ring is 1. The van der Waals surface area contributed by atoms with Crippen LogP contribution in [0.15, 0.2) is 64.2 Å². The van der Waals surface area contributed by atoms with Gasteiger partial charge >= 0.3 is 11.9 Å². The van der Waals surface area contributed by atoms with E-state index in [4.69, 9.17) is 47.4 Å². The van der Waals surface area contributed by atoms with Crippen LogP contribution in [0.2, 0.25) is 5.02 Å². The van der Waals surface area contributed by atoms with Crippen LogP contribution in [0, 0.1) is 34.5 Å². The lowest BCUT2D eigenvalue weighted by Gasteiger charge is -2.23. The van der Waals surface area contributed by atoms with Crippen LogP contribution in [0.3, 0.4) is 0 Å². The molecule has 0 saturated carbocycles. The molecule has 0 aliphatic heterocycles. The van der Waals surface area contributed by atoms with Crippen LogP contribution in [0.5, 0.6) is 5.75 Å². The first-order chi connectivity index (χ1) is 24.3. The van der Waals surface area contributed by atoms with Gasteiger partial charge in [-0.05, 0) is 53.8 Å². The third kappa shape index (κ3) is 9.99. The van der Waals surface area contributed by atoms with Crippen LogP contribution >= 0.6 is 23.4 Å². The maximum Gasteiger partial charge on any atom is 0.323 e. The Hall–Kier alpha value is -5.12. The number of carbonyl (C=O) groups excluding carboxylic acids is 2. The van der Waals surface area contributed by atoms with Crippen LogP contribution in [-0.2, 0) is 24.8 Å². The number of pyridine rings is 1. The van der Waals surface area contributed by atoms with Crippen molar-refractivity contribution >= 4 is 41.1 Å². The average molecular weight is 732 g/mol. The quantitative estimate of drug-likeness (QED) is 0.102. The van der Waals surface area contributed by atoms with Crippen molar-refractivity contribution in [2.45, 2.75) is 56.7 Å². The SMILES string of the molecule is CC(C)[C@H](N)C(=O)OC[C@@H](COc1ccc(-c2c(C#N)c(N)nc(SCc3coc(-c4ccc(Cl)cc4)n3)c2C#N)cc1)OC(=O)[C@@H](N)C(C)C. The lowest BCUT2D eigenvalue weighted by molar-refractivity contribution is -0.163. The molecule has 0 unspecified atom stereocenters. The molecule has 0 amide bonds. The molecule has 0 bridgehead atoms. The molecule has 0 saturated heterocycles. The monoisotopic (exact) mass is 731 g/mol. The van der Waals surface area contributed by atoms with Gasteiger partial charge in [-0.2, -0.15) is 10.5 Å². The summed E-state index contributed by atoms with van der Waals surface area (Å²) in [6.07, 6.45) is 0.539. The topological polar surface area (TPSA) is 226 Å². The number of oxazole rings is 1. The molecule has 266 valence electrons. The number of aromatic nitrogens is 2. The second-order valence-electron chi connectivity index (χ2n) is 12.2. The summed E-state index contributed by atoms with van der Waals surface area (Å²) in [5.41, 5.74) is 20.5. The molecule has 0 radical (unpaired) electrons. The minimum atomic E-state index is -0.979. The zero-order valence-electron chi connectivity index (χ0n) is 28.5. The van der Waals surface area contributed by atoms with E-state index in [1.165, 1.54) is 18.0 Å². The highest BCUT2D eigenvalue weighted by Gasteiger charge is 2.27. The van der Waals surface area contributed by atoms with Gasteiger partial charge < -0.3 is 35.8 Å². The van der Waals surface area contributed by atoms with E-state index in [9.17, 15) is 20.1 Å². The zero-order chi connectivity index (χ0) is 37.2. The predicted molar refractivity (Wildman–Crippen MR) is 192 cm³/mol. The molecule has 0 aliphatic carbocycles. The van der Waals surface area contributed by atoms with Gasteiger partial charge in [0.15, 0.2) is 6.10 Å². The second kappa shape index (κ2) is 17.7. The highest BCUT2D eigenvalue weighted by atomic mass is 35.5. The Balaban J connectivity index is 1.51. The summed E-state index contributed by atoms with van der Waals surface area (Å²) in [6.45, 7) is 6.67. The minimum absolute atomic E-state index is 0.0349. The first kappa shape index (κ1) is 38.7. The number of halogens is 1. The molecular formula is C36H38ClN7O6S. The number of rotatable bonds is 15. The van der Waals surface area contributed by atoms with Crippen LogP contribution in [-0.4, -0.2) is 53.3 Å². The molecule has 51 heavy (non-hydrogen) atoms. The molecule has 2 aromatic heterocycles. The van der Waals surface area contributed by atoms with Crippen LogP contribution in [0.4, 0.5) is 5.82 Å². The van der Waals surface area contributed by atoms with E-state index in [-0.39, 0.29) is 42.0 Å². The molecule has 0 fully saturated rings. The number of thioether (sulfide) groups is 1. The van der Waals surface area contributed by atoms with E-state index in [1.807, 2.05) is 0 Å². The van der Waals surface area contributed by atoms with Gasteiger partial charge in [-0.15, -0.1) is 0 Å². The number of nitrogens with two attached hydrogens (primary N) is 3. The van der Waals surface area contributed by atoms with Gasteiger partial charge in [-0.1, -0.05) is 63.2 Å². The largest absolute Gasteiger partial charge is 0.490 e. The first-order valence-electron chi connectivity index (χ1n) is 15.9. The van der Waals surface area contributed by atoms with Crippen molar-refractivity contribution in [2.75, 3.05) is 18.9 Å². The van der Waals surface area contributed by atoms with Gasteiger partial charge in [0.25, 0.3) is 0 Å². The molecule has 4 rings (SSSR count). The number of esters is 2. The van der Waals surface area contributed by atoms with Gasteiger partial charge in [0, 0.05) is 21.9 Å². The molecule has 0 aliphatic rings. The molecule has 0 spiro atoms. The highest BCUT2D eigenvalue weighted by Crippen LogP contribution is 2.37. The fourth-order valence-corrected chi connectivity index (χ4v) is 5.51. The Morgan fingerprint density at radius 2 is 1.49 bits per heavy atom. The van der Waals surface area contributed by atoms with Crippen molar-refractivity contribution in [3.8, 4) is 40.5 Å². The number of carbonyl (C=O) groups is 2. The van der Waals surface area contributed by atoms with Gasteiger partial charge in [0.2, 0.25) is 5.89 Å². The maximum absolute atomic E-state index is 12.6. The highest BCUT2D eigenvalue weighted by molar-refractivity contribution is 7.98. The average Bonchev–Trinajstić information content (AvgIpc) is 3.60. The minimum Gasteiger partial charge on any atom is -0.490 e. The third-order valence-electron chi connectivity index (χ3n) is 7.67. The van der Waals surface area contributed by atoms with Crippen molar-refractivity contribution in [3.63, 3.8) is 0 Å². The second-order valence-corrected chi connectivity index (χ2v) is 13.6. The summed E-state index contributed by atoms with van der Waals surface area (Å²) in [5, 5.41) is 21.1. The Kier molecular flexibility index (Phi) is 13.4. The molecule has 15 heteroatoms. The fraction of sp³-hybridized carbons (Fsp3) is 0.333. The summed E-state index contributed by atoms with van der Waals surface area (Å²) < 4.78 is 22.4. The van der Waals surface area contributed by atoms with Gasteiger partial charge in [-0.3, -0.25) is 9.59 Å². The van der Waals surface area contributed by atoms with Crippen LogP contribution in [0.1, 0.15) is 44.5 Å². The zero-order valence-corrected chi connectivity index (χ0v) is 30.0. The predicted octanol–water partition coefficient (Wildman–Crippen LogP) is 5.48. The van der Waals surface area contributed by atoms with E-state index < -0.39 is 30.1 Å². The number of hydrogen-bond acceptors (Lipinski definition) is 14. The number of nitrogens with zero attached hydrogens (tertiary/aromatic N) is 4. The lowest BCUT2D eigenvalue weighted by Crippen LogP contribution is -2.43. The third-order valence-corrected chi connectivity index (χ3v) is 8.93. The van der Waals surface area contributed by atoms with Gasteiger partial charge in [0.05, 0.1) is 11.3 Å². The van der Waals surface area contributed by atoms with E-state index in [0.29, 0.717) is 44.3 Å². The Morgan fingerprint density at radius 1 is 0.882 bits per heavy atom. The normalized spacial score (nSPS) is 12.8. The maximum atomic E-state index is 12.6. The number of nitriles is 2. The van der Waals surface area contributed by atoms with Crippen molar-refractivity contribution in [2.24, 2.45) is 23.3 Å². The summed E-state index contributed by atoms with van der Waals surface area (Å²) in [4.78, 5) is 33.9. The van der Waals surface area contributed by atoms with Crippen molar-refractivity contribution in [3.05, 3.63) is 76.6 Å². The summed E-state index contributed by atoms with van der Waals surface area (Å²) in [6, 6.07) is 16.1. The molecular weight excluding hydrogens is 694 g/mol. The number of anilines is 1. The summed E-state index contributed by atoms with van der Waals surface area (Å²) >= 11 is 7.21. The molecule has 4 aromatic rings. The van der Waals surface area contributed by atoms with Crippen molar-refractivity contribution in [1.29, 1.82) is 10.5 Å². The standard InChI is InChI=1S/C36H38ClN7O6S/c1-19(2)30(40)35(45)49-17-26(50-36(46)31(41)20(3)4)16-47-25-11-7-21(8-12-25)29-27(13-38)32(42)44-34(28(29)14-39)51-18-24-15-48-33(43-24)22-5-9-23(37)10-6-22/h5-12,15,19-20,26,30-31H,16-18,40-41H2,1-4H3,(H2,42,44)/t26-,30+,31+/m1/s1. The van der Waals surface area contributed by atoms with Crippen LogP contribution < -0.4 is 21.9 Å². The summed E-state index contributed by atoms with van der Waals surface area (Å²) in [5.74, 6) is -0.582. The molecule has 2 heterocycles. The Labute approximate surface area is 305 Å². The Bertz CT molecular complexity index is 1920. The molecule has 3 atom stereocenters. The Morgan fingerprint density at radius 3 is 2.10 bits per heavy atom. The van der Waals surface area contributed by atoms with E-state index in [2.05, 4.69) is 22.1 Å². The first-order valence-corrected chi connectivity index (χ1v) is 17.3. The fourth-order valence-electron chi connectivity index (χ4n) is 4.51.